The van der Waals surface area contributed by atoms with Crippen LogP contribution < -0.4 is 20.7 Å². The summed E-state index contributed by atoms with van der Waals surface area (Å²) in [5, 5.41) is 2.49. The highest BCUT2D eigenvalue weighted by Crippen LogP contribution is 2.22. The van der Waals surface area contributed by atoms with Crippen LogP contribution in [0.4, 0.5) is 16.2 Å². The van der Waals surface area contributed by atoms with Crippen LogP contribution in [0.1, 0.15) is 10.4 Å². The van der Waals surface area contributed by atoms with Crippen LogP contribution >= 0.6 is 0 Å². The lowest BCUT2D eigenvalue weighted by Gasteiger charge is -2.36. The maximum Gasteiger partial charge on any atom is 0.316 e. The van der Waals surface area contributed by atoms with Crippen LogP contribution in [0.15, 0.2) is 48.5 Å². The summed E-state index contributed by atoms with van der Waals surface area (Å²) in [6, 6.07) is 14.1. The zero-order chi connectivity index (χ0) is 18.5. The average molecular weight is 354 g/mol. The lowest BCUT2D eigenvalue weighted by Crippen LogP contribution is -2.48. The molecule has 0 aliphatic carbocycles. The minimum absolute atomic E-state index is 0.0524. The number of anilines is 2. The molecule has 3 N–H and O–H groups in total. The Morgan fingerprint density at radius 3 is 2.46 bits per heavy atom. The molecule has 1 aliphatic heterocycles. The van der Waals surface area contributed by atoms with Crippen LogP contribution in [0, 0.1) is 0 Å². The first-order valence-corrected chi connectivity index (χ1v) is 8.41. The van der Waals surface area contributed by atoms with Crippen molar-refractivity contribution in [2.75, 3.05) is 43.5 Å². The number of nitrogens with one attached hydrogen (secondary N) is 1. The highest BCUT2D eigenvalue weighted by molar-refractivity contribution is 5.96. The molecule has 0 bridgehead atoms. The number of urea groups is 1. The van der Waals surface area contributed by atoms with Gasteiger partial charge in [0.05, 0.1) is 7.11 Å². The summed E-state index contributed by atoms with van der Waals surface area (Å²) < 4.78 is 5.27. The smallest absolute Gasteiger partial charge is 0.316 e. The van der Waals surface area contributed by atoms with E-state index in [-0.39, 0.29) is 5.91 Å². The highest BCUT2D eigenvalue weighted by atomic mass is 16.5. The molecule has 1 fully saturated rings. The molecule has 3 amide bonds. The maximum atomic E-state index is 12.7. The second-order valence-corrected chi connectivity index (χ2v) is 6.05. The van der Waals surface area contributed by atoms with Gasteiger partial charge in [-0.15, -0.1) is 0 Å². The summed E-state index contributed by atoms with van der Waals surface area (Å²) in [5.41, 5.74) is 7.26. The fourth-order valence-corrected chi connectivity index (χ4v) is 3.03. The molecule has 0 spiro atoms. The van der Waals surface area contributed by atoms with Crippen molar-refractivity contribution >= 4 is 23.3 Å². The zero-order valence-electron chi connectivity index (χ0n) is 14.6. The van der Waals surface area contributed by atoms with Crippen molar-refractivity contribution in [3.63, 3.8) is 0 Å². The van der Waals surface area contributed by atoms with E-state index in [0.717, 1.165) is 24.5 Å². The minimum Gasteiger partial charge on any atom is -0.497 e. The molecule has 2 aromatic carbocycles. The Bertz CT molecular complexity index is 801. The average Bonchev–Trinajstić information content (AvgIpc) is 2.67. The molecule has 0 radical (unpaired) electrons. The van der Waals surface area contributed by atoms with Gasteiger partial charge in [0, 0.05) is 49.2 Å². The molecule has 0 unspecified atom stereocenters. The number of hydrogen-bond donors (Lipinski definition) is 2. The van der Waals surface area contributed by atoms with Gasteiger partial charge in [0.25, 0.3) is 5.91 Å². The summed E-state index contributed by atoms with van der Waals surface area (Å²) in [7, 11) is 1.65. The van der Waals surface area contributed by atoms with E-state index < -0.39 is 6.03 Å². The summed E-state index contributed by atoms with van der Waals surface area (Å²) in [6.07, 6.45) is 0. The van der Waals surface area contributed by atoms with Crippen LogP contribution in [-0.4, -0.2) is 50.1 Å². The van der Waals surface area contributed by atoms with Crippen LogP contribution in [0.2, 0.25) is 0 Å². The fraction of sp³-hybridized carbons (Fsp3) is 0.263. The van der Waals surface area contributed by atoms with Gasteiger partial charge in [-0.1, -0.05) is 12.1 Å². The van der Waals surface area contributed by atoms with Crippen molar-refractivity contribution in [2.24, 2.45) is 5.73 Å². The summed E-state index contributed by atoms with van der Waals surface area (Å²) >= 11 is 0. The van der Waals surface area contributed by atoms with Gasteiger partial charge < -0.3 is 25.6 Å². The van der Waals surface area contributed by atoms with E-state index in [2.05, 4.69) is 10.2 Å². The third-order valence-electron chi connectivity index (χ3n) is 4.36. The van der Waals surface area contributed by atoms with Gasteiger partial charge in [-0.2, -0.15) is 0 Å². The molecular formula is C19H22N4O3. The minimum atomic E-state index is -0.651. The predicted molar refractivity (Wildman–Crippen MR) is 101 cm³/mol. The van der Waals surface area contributed by atoms with Crippen LogP contribution in [0.25, 0.3) is 0 Å². The Hall–Kier alpha value is -3.22. The van der Waals surface area contributed by atoms with Gasteiger partial charge in [0.1, 0.15) is 5.75 Å². The Balaban J connectivity index is 1.64. The summed E-state index contributed by atoms with van der Waals surface area (Å²) in [4.78, 5) is 27.7. The first-order valence-electron chi connectivity index (χ1n) is 8.41. The molecule has 7 nitrogen and oxygen atoms in total. The Labute approximate surface area is 152 Å². The Kier molecular flexibility index (Phi) is 5.26. The topological polar surface area (TPSA) is 87.9 Å². The van der Waals surface area contributed by atoms with Gasteiger partial charge in [0.15, 0.2) is 0 Å². The standard InChI is InChI=1S/C19H22N4O3/c1-26-17-7-3-6-16(13-17)22-8-10-23(11-9-22)18(24)14-4-2-5-15(12-14)21-19(20)25/h2-7,12-13H,8-11H2,1H3,(H3,20,21,25). The molecule has 0 aromatic heterocycles. The third-order valence-corrected chi connectivity index (χ3v) is 4.36. The normalized spacial score (nSPS) is 14.0. The number of benzene rings is 2. The molecule has 1 heterocycles. The number of nitrogens with zero attached hydrogens (tertiary/aromatic N) is 2. The van der Waals surface area contributed by atoms with Crippen LogP contribution in [0.3, 0.4) is 0 Å². The number of carbonyl (C=O) groups is 2. The van der Waals surface area contributed by atoms with E-state index in [1.807, 2.05) is 29.2 Å². The second kappa shape index (κ2) is 7.77. The number of methoxy groups -OCH3 is 1. The van der Waals surface area contributed by atoms with Gasteiger partial charge in [-0.25, -0.2) is 4.79 Å². The van der Waals surface area contributed by atoms with Crippen molar-refractivity contribution in [2.45, 2.75) is 0 Å². The predicted octanol–water partition coefficient (Wildman–Crippen LogP) is 2.15. The summed E-state index contributed by atoms with van der Waals surface area (Å²) in [6.45, 7) is 2.75. The molecule has 0 saturated carbocycles. The van der Waals surface area contributed by atoms with E-state index in [4.69, 9.17) is 10.5 Å². The second-order valence-electron chi connectivity index (χ2n) is 6.05. The Morgan fingerprint density at radius 2 is 1.77 bits per heavy atom. The van der Waals surface area contributed by atoms with Gasteiger partial charge in [0.2, 0.25) is 0 Å². The quantitative estimate of drug-likeness (QED) is 0.881. The molecule has 136 valence electrons. The van der Waals surface area contributed by atoms with Gasteiger partial charge in [-0.05, 0) is 30.3 Å². The third kappa shape index (κ3) is 4.05. The molecule has 3 rings (SSSR count). The van der Waals surface area contributed by atoms with Crippen LogP contribution in [0.5, 0.6) is 5.75 Å². The van der Waals surface area contributed by atoms with Crippen molar-refractivity contribution in [1.29, 1.82) is 0 Å². The van der Waals surface area contributed by atoms with E-state index >= 15 is 0 Å². The van der Waals surface area contributed by atoms with Crippen molar-refractivity contribution < 1.29 is 14.3 Å². The van der Waals surface area contributed by atoms with Crippen molar-refractivity contribution in [3.8, 4) is 5.75 Å². The number of primary amides is 1. The number of nitrogens with two attached hydrogens (primary N) is 1. The lowest BCUT2D eigenvalue weighted by molar-refractivity contribution is 0.0746. The number of amides is 3. The van der Waals surface area contributed by atoms with E-state index in [1.54, 1.807) is 31.4 Å². The number of piperazine rings is 1. The first-order chi connectivity index (χ1) is 12.6. The molecule has 1 aliphatic rings. The van der Waals surface area contributed by atoms with Gasteiger partial charge >= 0.3 is 6.03 Å². The maximum absolute atomic E-state index is 12.7. The van der Waals surface area contributed by atoms with E-state index in [9.17, 15) is 9.59 Å². The summed E-state index contributed by atoms with van der Waals surface area (Å²) in [5.74, 6) is 0.767. The molecule has 26 heavy (non-hydrogen) atoms. The SMILES string of the molecule is COc1cccc(N2CCN(C(=O)c3cccc(NC(N)=O)c3)CC2)c1. The Morgan fingerprint density at radius 1 is 1.04 bits per heavy atom. The number of ether oxygens (including phenoxy) is 1. The van der Waals surface area contributed by atoms with E-state index in [0.29, 0.717) is 24.3 Å². The van der Waals surface area contributed by atoms with Gasteiger partial charge in [-0.3, -0.25) is 4.79 Å². The molecule has 1 saturated heterocycles. The van der Waals surface area contributed by atoms with Crippen molar-refractivity contribution in [1.82, 2.24) is 4.90 Å². The van der Waals surface area contributed by atoms with E-state index in [1.165, 1.54) is 0 Å². The van der Waals surface area contributed by atoms with Crippen molar-refractivity contribution in [3.05, 3.63) is 54.1 Å². The zero-order valence-corrected chi connectivity index (χ0v) is 14.6. The highest BCUT2D eigenvalue weighted by Gasteiger charge is 2.22. The number of rotatable bonds is 4. The molecule has 0 atom stereocenters. The number of hydrogen-bond acceptors (Lipinski definition) is 4. The van der Waals surface area contributed by atoms with Crippen LogP contribution in [-0.2, 0) is 0 Å². The largest absolute Gasteiger partial charge is 0.497 e. The molecule has 2 aromatic rings. The number of carbonyl (C=O) groups excluding carboxylic acids is 2. The fourth-order valence-electron chi connectivity index (χ4n) is 3.03. The lowest BCUT2D eigenvalue weighted by atomic mass is 10.1. The first kappa shape index (κ1) is 17.6. The monoisotopic (exact) mass is 354 g/mol. The molecular weight excluding hydrogens is 332 g/mol. The molecule has 7 heteroatoms.